The fraction of sp³-hybridized carbons (Fsp3) is 0.222. The quantitative estimate of drug-likeness (QED) is 0.620. The van der Waals surface area contributed by atoms with E-state index in [0.717, 1.165) is 6.07 Å². The fourth-order valence-electron chi connectivity index (χ4n) is 1.15. The molecule has 1 aliphatic rings. The summed E-state index contributed by atoms with van der Waals surface area (Å²) in [6.45, 7) is 0.438. The Morgan fingerprint density at radius 2 is 2.15 bits per heavy atom. The molecule has 0 spiro atoms. The molecule has 0 bridgehead atoms. The molecule has 13 heavy (non-hydrogen) atoms. The molecule has 4 heteroatoms. The highest BCUT2D eigenvalue weighted by Gasteiger charge is 2.29. The van der Waals surface area contributed by atoms with Gasteiger partial charge in [0.1, 0.15) is 29.4 Å². The van der Waals surface area contributed by atoms with Gasteiger partial charge in [-0.3, -0.25) is 0 Å². The molecule has 1 aromatic rings. The summed E-state index contributed by atoms with van der Waals surface area (Å²) >= 11 is 0. The van der Waals surface area contributed by atoms with E-state index in [2.05, 4.69) is 0 Å². The third kappa shape index (κ3) is 1.27. The lowest BCUT2D eigenvalue weighted by Gasteiger charge is -2.00. The Labute approximate surface area is 73.4 Å². The van der Waals surface area contributed by atoms with Crippen molar-refractivity contribution in [2.45, 2.75) is 6.10 Å². The SMILES string of the molecule is N#Cc1c(F)ccc([C@@H]2CO2)c1F. The second kappa shape index (κ2) is 2.79. The number of benzene rings is 1. The molecule has 2 rings (SSSR count). The molecule has 1 aromatic carbocycles. The van der Waals surface area contributed by atoms with E-state index in [1.165, 1.54) is 12.1 Å². The molecule has 0 amide bonds. The lowest BCUT2D eigenvalue weighted by Crippen LogP contribution is -1.96. The molecule has 66 valence electrons. The number of epoxide rings is 1. The van der Waals surface area contributed by atoms with Gasteiger partial charge in [0, 0.05) is 5.56 Å². The van der Waals surface area contributed by atoms with Crippen LogP contribution in [0.15, 0.2) is 12.1 Å². The minimum Gasteiger partial charge on any atom is -0.368 e. The van der Waals surface area contributed by atoms with E-state index in [1.807, 2.05) is 0 Å². The molecular weight excluding hydrogens is 176 g/mol. The maximum Gasteiger partial charge on any atom is 0.149 e. The summed E-state index contributed by atoms with van der Waals surface area (Å²) < 4.78 is 30.9. The van der Waals surface area contributed by atoms with Crippen LogP contribution in [0.3, 0.4) is 0 Å². The number of ether oxygens (including phenoxy) is 1. The van der Waals surface area contributed by atoms with Crippen LogP contribution in [0.1, 0.15) is 17.2 Å². The average Bonchev–Trinajstić information content (AvgIpc) is 2.88. The zero-order valence-electron chi connectivity index (χ0n) is 6.55. The number of hydrogen-bond acceptors (Lipinski definition) is 2. The van der Waals surface area contributed by atoms with Crippen molar-refractivity contribution in [3.8, 4) is 6.07 Å². The van der Waals surface area contributed by atoms with Crippen LogP contribution in [0.5, 0.6) is 0 Å². The van der Waals surface area contributed by atoms with Gasteiger partial charge >= 0.3 is 0 Å². The van der Waals surface area contributed by atoms with Crippen molar-refractivity contribution in [2.24, 2.45) is 0 Å². The summed E-state index contributed by atoms with van der Waals surface area (Å²) in [5.74, 6) is -1.63. The maximum atomic E-state index is 13.3. The molecule has 1 atom stereocenters. The Bertz CT molecular complexity index is 393. The van der Waals surface area contributed by atoms with Crippen molar-refractivity contribution < 1.29 is 13.5 Å². The summed E-state index contributed by atoms with van der Waals surface area (Å²) in [5, 5.41) is 8.46. The third-order valence-electron chi connectivity index (χ3n) is 1.91. The van der Waals surface area contributed by atoms with E-state index >= 15 is 0 Å². The second-order valence-corrected chi connectivity index (χ2v) is 2.76. The summed E-state index contributed by atoms with van der Waals surface area (Å²) in [6.07, 6.45) is -0.298. The van der Waals surface area contributed by atoms with Crippen LogP contribution in [-0.4, -0.2) is 6.61 Å². The van der Waals surface area contributed by atoms with E-state index < -0.39 is 17.2 Å². The van der Waals surface area contributed by atoms with E-state index in [9.17, 15) is 8.78 Å². The minimum absolute atomic E-state index is 0.262. The number of nitrogens with zero attached hydrogens (tertiary/aromatic N) is 1. The average molecular weight is 181 g/mol. The predicted octanol–water partition coefficient (Wildman–Crippen LogP) is 1.91. The summed E-state index contributed by atoms with van der Waals surface area (Å²) in [7, 11) is 0. The molecule has 0 N–H and O–H groups in total. The highest BCUT2D eigenvalue weighted by atomic mass is 19.1. The van der Waals surface area contributed by atoms with Gasteiger partial charge in [-0.25, -0.2) is 8.78 Å². The number of halogens is 2. The highest BCUT2D eigenvalue weighted by Crippen LogP contribution is 2.33. The third-order valence-corrected chi connectivity index (χ3v) is 1.91. The van der Waals surface area contributed by atoms with Gasteiger partial charge < -0.3 is 4.74 Å². The summed E-state index contributed by atoms with van der Waals surface area (Å²) in [6, 6.07) is 3.87. The molecule has 0 unspecified atom stereocenters. The van der Waals surface area contributed by atoms with Crippen LogP contribution in [0.4, 0.5) is 8.78 Å². The van der Waals surface area contributed by atoms with Crippen LogP contribution in [-0.2, 0) is 4.74 Å². The molecule has 0 radical (unpaired) electrons. The van der Waals surface area contributed by atoms with Gasteiger partial charge in [0.25, 0.3) is 0 Å². The standard InChI is InChI=1S/C9H5F2NO/c10-7-2-1-5(8-4-13-8)9(11)6(7)3-12/h1-2,8H,4H2/t8-/m0/s1. The molecule has 1 aliphatic heterocycles. The van der Waals surface area contributed by atoms with Crippen LogP contribution in [0.2, 0.25) is 0 Å². The molecule has 0 aliphatic carbocycles. The Balaban J connectivity index is 2.56. The molecule has 0 saturated carbocycles. The van der Waals surface area contributed by atoms with Gasteiger partial charge in [-0.2, -0.15) is 5.26 Å². The normalized spacial score (nSPS) is 19.6. The number of nitriles is 1. The molecular formula is C9H5F2NO. The van der Waals surface area contributed by atoms with Gasteiger partial charge in [0.2, 0.25) is 0 Å². The molecule has 1 heterocycles. The van der Waals surface area contributed by atoms with Gasteiger partial charge in [-0.05, 0) is 6.07 Å². The van der Waals surface area contributed by atoms with Crippen molar-refractivity contribution in [1.29, 1.82) is 5.26 Å². The topological polar surface area (TPSA) is 36.3 Å². The Kier molecular flexibility index (Phi) is 1.74. The lowest BCUT2D eigenvalue weighted by molar-refractivity contribution is 0.406. The van der Waals surface area contributed by atoms with E-state index in [-0.39, 0.29) is 11.7 Å². The first-order chi connectivity index (χ1) is 6.24. The van der Waals surface area contributed by atoms with Gasteiger partial charge in [-0.1, -0.05) is 6.07 Å². The van der Waals surface area contributed by atoms with Gasteiger partial charge in [-0.15, -0.1) is 0 Å². The van der Waals surface area contributed by atoms with Crippen LogP contribution >= 0.6 is 0 Å². The lowest BCUT2D eigenvalue weighted by atomic mass is 10.1. The molecule has 0 aromatic heterocycles. The smallest absolute Gasteiger partial charge is 0.149 e. The van der Waals surface area contributed by atoms with Crippen molar-refractivity contribution in [2.75, 3.05) is 6.61 Å². The van der Waals surface area contributed by atoms with E-state index in [4.69, 9.17) is 10.00 Å². The molecule has 1 saturated heterocycles. The largest absolute Gasteiger partial charge is 0.368 e. The van der Waals surface area contributed by atoms with Gasteiger partial charge in [0.05, 0.1) is 6.61 Å². The minimum atomic E-state index is -0.829. The highest BCUT2D eigenvalue weighted by molar-refractivity contribution is 5.38. The number of hydrogen-bond donors (Lipinski definition) is 0. The zero-order valence-corrected chi connectivity index (χ0v) is 6.55. The zero-order chi connectivity index (χ0) is 9.42. The van der Waals surface area contributed by atoms with Crippen LogP contribution in [0.25, 0.3) is 0 Å². The molecule has 2 nitrogen and oxygen atoms in total. The monoisotopic (exact) mass is 181 g/mol. The van der Waals surface area contributed by atoms with Crippen LogP contribution in [0, 0.1) is 23.0 Å². The van der Waals surface area contributed by atoms with E-state index in [0.29, 0.717) is 6.61 Å². The summed E-state index contributed by atoms with van der Waals surface area (Å²) in [5.41, 5.74) is -0.272. The van der Waals surface area contributed by atoms with Crippen molar-refractivity contribution >= 4 is 0 Å². The Morgan fingerprint density at radius 3 is 2.69 bits per heavy atom. The van der Waals surface area contributed by atoms with Crippen molar-refractivity contribution in [1.82, 2.24) is 0 Å². The maximum absolute atomic E-state index is 13.3. The molecule has 1 fully saturated rings. The Morgan fingerprint density at radius 1 is 1.46 bits per heavy atom. The Hall–Kier alpha value is -1.47. The number of rotatable bonds is 1. The first-order valence-corrected chi connectivity index (χ1v) is 3.73. The van der Waals surface area contributed by atoms with Crippen LogP contribution < -0.4 is 0 Å². The van der Waals surface area contributed by atoms with Crippen molar-refractivity contribution in [3.63, 3.8) is 0 Å². The second-order valence-electron chi connectivity index (χ2n) is 2.76. The first kappa shape index (κ1) is 8.14. The summed E-state index contributed by atoms with van der Waals surface area (Å²) in [4.78, 5) is 0. The fourth-order valence-corrected chi connectivity index (χ4v) is 1.15. The predicted molar refractivity (Wildman–Crippen MR) is 39.8 cm³/mol. The van der Waals surface area contributed by atoms with Gasteiger partial charge in [0.15, 0.2) is 0 Å². The van der Waals surface area contributed by atoms with Crippen molar-refractivity contribution in [3.05, 3.63) is 34.9 Å². The first-order valence-electron chi connectivity index (χ1n) is 3.73. The van der Waals surface area contributed by atoms with E-state index in [1.54, 1.807) is 0 Å².